The Labute approximate surface area is 113 Å². The van der Waals surface area contributed by atoms with Crippen LogP contribution in [0.5, 0.6) is 11.5 Å². The third-order valence-electron chi connectivity index (χ3n) is 3.48. The first-order valence-corrected chi connectivity index (χ1v) is 6.72. The lowest BCUT2D eigenvalue weighted by atomic mass is 9.98. The molecule has 0 bridgehead atoms. The Kier molecular flexibility index (Phi) is 4.30. The first-order valence-electron chi connectivity index (χ1n) is 6.72. The first-order chi connectivity index (χ1) is 9.11. The molecule has 1 aromatic carbocycles. The fraction of sp³-hybridized carbons (Fsp3) is 0.533. The molecule has 1 aliphatic heterocycles. The van der Waals surface area contributed by atoms with Gasteiger partial charge < -0.3 is 14.6 Å². The Morgan fingerprint density at radius 1 is 1.32 bits per heavy atom. The zero-order valence-electron chi connectivity index (χ0n) is 11.4. The van der Waals surface area contributed by atoms with Gasteiger partial charge in [-0.05, 0) is 44.2 Å². The number of esters is 1. The molecule has 0 aliphatic carbocycles. The number of carbonyl (C=O) groups excluding carboxylic acids is 1. The van der Waals surface area contributed by atoms with E-state index in [0.717, 1.165) is 37.7 Å². The van der Waals surface area contributed by atoms with Crippen molar-refractivity contribution in [3.05, 3.63) is 23.3 Å². The summed E-state index contributed by atoms with van der Waals surface area (Å²) >= 11 is 0. The number of rotatable bonds is 1. The summed E-state index contributed by atoms with van der Waals surface area (Å²) in [6, 6.07) is 3.26. The van der Waals surface area contributed by atoms with Gasteiger partial charge in [0.2, 0.25) is 0 Å². The van der Waals surface area contributed by atoms with E-state index in [1.165, 1.54) is 6.07 Å². The molecule has 1 heterocycles. The Morgan fingerprint density at radius 3 is 2.84 bits per heavy atom. The smallest absolute Gasteiger partial charge is 0.342 e. The van der Waals surface area contributed by atoms with Crippen LogP contribution >= 0.6 is 0 Å². The molecule has 19 heavy (non-hydrogen) atoms. The minimum atomic E-state index is -0.440. The number of phenolic OH excluding ortho intramolecular Hbond substituents is 1. The van der Waals surface area contributed by atoms with Gasteiger partial charge in [0.25, 0.3) is 0 Å². The Bertz CT molecular complexity index is 467. The molecule has 0 amide bonds. The molecule has 0 saturated heterocycles. The van der Waals surface area contributed by atoms with E-state index in [4.69, 9.17) is 9.47 Å². The van der Waals surface area contributed by atoms with Crippen LogP contribution in [-0.2, 0) is 11.2 Å². The van der Waals surface area contributed by atoms with Crippen LogP contribution < -0.4 is 4.74 Å². The average Bonchev–Trinajstić information content (AvgIpc) is 2.36. The van der Waals surface area contributed by atoms with Crippen molar-refractivity contribution in [3.8, 4) is 11.5 Å². The highest BCUT2D eigenvalue weighted by Crippen LogP contribution is 2.31. The maximum atomic E-state index is 12.1. The largest absolute Gasteiger partial charge is 0.507 e. The fourth-order valence-corrected chi connectivity index (χ4v) is 2.43. The lowest BCUT2D eigenvalue weighted by molar-refractivity contribution is 0.0312. The van der Waals surface area contributed by atoms with Gasteiger partial charge in [-0.2, -0.15) is 0 Å². The number of ether oxygens (including phenoxy) is 2. The van der Waals surface area contributed by atoms with Crippen LogP contribution in [0.25, 0.3) is 0 Å². The monoisotopic (exact) mass is 264 g/mol. The maximum Gasteiger partial charge on any atom is 0.342 e. The van der Waals surface area contributed by atoms with Crippen LogP contribution in [0.15, 0.2) is 12.1 Å². The summed E-state index contributed by atoms with van der Waals surface area (Å²) in [4.78, 5) is 12.1. The lowest BCUT2D eigenvalue weighted by Gasteiger charge is -2.18. The van der Waals surface area contributed by atoms with Crippen LogP contribution in [0.3, 0.4) is 0 Å². The fourth-order valence-electron chi connectivity index (χ4n) is 2.43. The van der Waals surface area contributed by atoms with Gasteiger partial charge in [0, 0.05) is 6.07 Å². The predicted molar refractivity (Wildman–Crippen MR) is 71.7 cm³/mol. The second-order valence-electron chi connectivity index (χ2n) is 5.00. The van der Waals surface area contributed by atoms with E-state index >= 15 is 0 Å². The van der Waals surface area contributed by atoms with E-state index < -0.39 is 5.97 Å². The molecule has 0 fully saturated rings. The second kappa shape index (κ2) is 5.95. The number of phenols is 1. The van der Waals surface area contributed by atoms with Gasteiger partial charge in [0.05, 0.1) is 13.2 Å². The Hall–Kier alpha value is -1.71. The molecule has 1 aromatic rings. The highest BCUT2D eigenvalue weighted by Gasteiger charge is 2.22. The first kappa shape index (κ1) is 13.7. The van der Waals surface area contributed by atoms with Crippen molar-refractivity contribution in [2.24, 2.45) is 0 Å². The minimum absolute atomic E-state index is 0.0628. The van der Waals surface area contributed by atoms with Gasteiger partial charge in [-0.3, -0.25) is 0 Å². The van der Waals surface area contributed by atoms with Crippen LogP contribution in [0.2, 0.25) is 0 Å². The molecule has 104 valence electrons. The van der Waals surface area contributed by atoms with Gasteiger partial charge in [0.15, 0.2) is 0 Å². The van der Waals surface area contributed by atoms with E-state index in [9.17, 15) is 9.90 Å². The van der Waals surface area contributed by atoms with E-state index in [1.807, 2.05) is 13.0 Å². The third kappa shape index (κ3) is 3.19. The summed E-state index contributed by atoms with van der Waals surface area (Å²) in [6.07, 6.45) is 4.67. The van der Waals surface area contributed by atoms with Gasteiger partial charge >= 0.3 is 5.97 Å². The summed E-state index contributed by atoms with van der Waals surface area (Å²) < 4.78 is 10.5. The standard InChI is InChI=1S/C15H20O4/c1-10-6-4-3-5-7-11-8-12(18-2)9-13(16)14(11)15(17)19-10/h8-10,16H,3-7H2,1-2H3. The van der Waals surface area contributed by atoms with E-state index in [-0.39, 0.29) is 17.4 Å². The molecule has 0 spiro atoms. The number of fused-ring (bicyclic) bond motifs is 1. The molecule has 4 nitrogen and oxygen atoms in total. The molecular weight excluding hydrogens is 244 g/mol. The number of carbonyl (C=O) groups is 1. The van der Waals surface area contributed by atoms with Gasteiger partial charge in [-0.15, -0.1) is 0 Å². The van der Waals surface area contributed by atoms with Gasteiger partial charge in [0.1, 0.15) is 17.1 Å². The number of aryl methyl sites for hydroxylation is 1. The van der Waals surface area contributed by atoms with Gasteiger partial charge in [-0.25, -0.2) is 4.79 Å². The number of hydrogen-bond acceptors (Lipinski definition) is 4. The molecule has 1 unspecified atom stereocenters. The number of hydrogen-bond donors (Lipinski definition) is 1. The zero-order chi connectivity index (χ0) is 13.8. The highest BCUT2D eigenvalue weighted by atomic mass is 16.5. The van der Waals surface area contributed by atoms with E-state index in [0.29, 0.717) is 5.75 Å². The quantitative estimate of drug-likeness (QED) is 0.792. The molecule has 0 saturated carbocycles. The van der Waals surface area contributed by atoms with Gasteiger partial charge in [-0.1, -0.05) is 6.42 Å². The molecule has 4 heteroatoms. The lowest BCUT2D eigenvalue weighted by Crippen LogP contribution is -2.18. The van der Waals surface area contributed by atoms with E-state index in [1.54, 1.807) is 7.11 Å². The summed E-state index contributed by atoms with van der Waals surface area (Å²) in [5, 5.41) is 10.0. The van der Waals surface area contributed by atoms with Crippen molar-refractivity contribution < 1.29 is 19.4 Å². The number of aromatic hydroxyl groups is 1. The minimum Gasteiger partial charge on any atom is -0.507 e. The second-order valence-corrected chi connectivity index (χ2v) is 5.00. The van der Waals surface area contributed by atoms with E-state index in [2.05, 4.69) is 0 Å². The Balaban J connectivity index is 2.40. The van der Waals surface area contributed by atoms with Crippen LogP contribution in [0.1, 0.15) is 48.5 Å². The molecular formula is C15H20O4. The summed E-state index contributed by atoms with van der Waals surface area (Å²) in [7, 11) is 1.54. The highest BCUT2D eigenvalue weighted by molar-refractivity contribution is 5.94. The maximum absolute atomic E-state index is 12.1. The van der Waals surface area contributed by atoms with Crippen molar-refractivity contribution in [2.45, 2.75) is 45.1 Å². The van der Waals surface area contributed by atoms with Crippen molar-refractivity contribution in [1.29, 1.82) is 0 Å². The van der Waals surface area contributed by atoms with Crippen LogP contribution in [0.4, 0.5) is 0 Å². The van der Waals surface area contributed by atoms with Crippen molar-refractivity contribution in [2.75, 3.05) is 7.11 Å². The van der Waals surface area contributed by atoms with Crippen molar-refractivity contribution >= 4 is 5.97 Å². The van der Waals surface area contributed by atoms with Crippen LogP contribution in [-0.4, -0.2) is 24.3 Å². The normalized spacial score (nSPS) is 20.3. The van der Waals surface area contributed by atoms with Crippen LogP contribution in [0, 0.1) is 0 Å². The summed E-state index contributed by atoms with van der Waals surface area (Å²) in [5.41, 5.74) is 1.09. The molecule has 1 atom stereocenters. The van der Waals surface area contributed by atoms with Crippen molar-refractivity contribution in [3.63, 3.8) is 0 Å². The molecule has 2 rings (SSSR count). The molecule has 1 aliphatic rings. The van der Waals surface area contributed by atoms with Crippen molar-refractivity contribution in [1.82, 2.24) is 0 Å². The third-order valence-corrected chi connectivity index (χ3v) is 3.48. The summed E-state index contributed by atoms with van der Waals surface area (Å²) in [6.45, 7) is 1.89. The molecule has 1 N–H and O–H groups in total. The topological polar surface area (TPSA) is 55.8 Å². The zero-order valence-corrected chi connectivity index (χ0v) is 11.4. The summed E-state index contributed by atoms with van der Waals surface area (Å²) in [5.74, 6) is 0.0610. The number of methoxy groups -OCH3 is 1. The SMILES string of the molecule is COc1cc(O)c2c(c1)CCCCCC(C)OC2=O. The average molecular weight is 264 g/mol. The molecule has 0 aromatic heterocycles. The number of cyclic esters (lactones) is 1. The molecule has 0 radical (unpaired) electrons. The predicted octanol–water partition coefficient (Wildman–Crippen LogP) is 3.06. The Morgan fingerprint density at radius 2 is 2.11 bits per heavy atom. The number of benzene rings is 1.